The number of hydrogen-bond donors (Lipinski definition) is 10. The molecule has 2 rings (SSSR count). The predicted octanol–water partition coefficient (Wildman–Crippen LogP) is -6.19. The number of hydrogen-bond acceptors (Lipinski definition) is 13. The van der Waals surface area contributed by atoms with E-state index in [0.29, 0.717) is 0 Å². The first-order valence-electron chi connectivity index (χ1n) is 8.71. The summed E-state index contributed by atoms with van der Waals surface area (Å²) in [6.45, 7) is -1.75. The second-order valence-corrected chi connectivity index (χ2v) is 6.98. The average molecular weight is 430 g/mol. The fourth-order valence-corrected chi connectivity index (χ4v) is 3.17. The molecule has 0 aliphatic carbocycles. The molecule has 2 aliphatic heterocycles. The van der Waals surface area contributed by atoms with Crippen molar-refractivity contribution in [2.45, 2.75) is 73.4 Å². The molecule has 0 aromatic rings. The minimum Gasteiger partial charge on any atom is -0.477 e. The SMILES string of the molecule is O=C(O)[C@]1(O)C[C@H](O[C@H]2O[C@H](CO)[C@@H](O)[C@H](O)[C@H]2O)[C@@H](O)[C@H]([C@H](O)[C@H](O)CO)O1. The van der Waals surface area contributed by atoms with Crippen LogP contribution in [0.3, 0.4) is 0 Å². The van der Waals surface area contributed by atoms with Crippen molar-refractivity contribution < 1.29 is 70.1 Å². The van der Waals surface area contributed by atoms with Crippen LogP contribution in [-0.4, -0.2) is 137 Å². The van der Waals surface area contributed by atoms with Crippen molar-refractivity contribution in [1.29, 1.82) is 0 Å². The highest BCUT2D eigenvalue weighted by Crippen LogP contribution is 2.34. The summed E-state index contributed by atoms with van der Waals surface area (Å²) in [5, 5.41) is 97.1. The third-order valence-electron chi connectivity index (χ3n) is 4.94. The summed E-state index contributed by atoms with van der Waals surface area (Å²) < 4.78 is 15.2. The first-order chi connectivity index (χ1) is 13.5. The van der Waals surface area contributed by atoms with Crippen molar-refractivity contribution in [2.75, 3.05) is 13.2 Å². The van der Waals surface area contributed by atoms with E-state index in [9.17, 15) is 50.8 Å². The Morgan fingerprint density at radius 3 is 2.21 bits per heavy atom. The number of ether oxygens (including phenoxy) is 3. The number of aliphatic hydroxyl groups excluding tert-OH is 8. The Labute approximate surface area is 163 Å². The Morgan fingerprint density at radius 1 is 1.07 bits per heavy atom. The lowest BCUT2D eigenvalue weighted by atomic mass is 9.90. The summed E-state index contributed by atoms with van der Waals surface area (Å²) in [7, 11) is 0. The Morgan fingerprint density at radius 2 is 1.69 bits per heavy atom. The van der Waals surface area contributed by atoms with E-state index in [1.165, 1.54) is 0 Å². The number of carbonyl (C=O) groups is 1. The minimum absolute atomic E-state index is 0.774. The number of carboxylic acids is 1. The van der Waals surface area contributed by atoms with E-state index in [-0.39, 0.29) is 0 Å². The van der Waals surface area contributed by atoms with Crippen LogP contribution >= 0.6 is 0 Å². The van der Waals surface area contributed by atoms with Gasteiger partial charge in [-0.2, -0.15) is 0 Å². The van der Waals surface area contributed by atoms with Crippen LogP contribution in [0.15, 0.2) is 0 Å². The van der Waals surface area contributed by atoms with Gasteiger partial charge < -0.3 is 65.3 Å². The average Bonchev–Trinajstić information content (AvgIpc) is 2.69. The van der Waals surface area contributed by atoms with E-state index in [2.05, 4.69) is 0 Å². The lowest BCUT2D eigenvalue weighted by Gasteiger charge is -2.46. The zero-order chi connectivity index (χ0) is 22.1. The molecule has 2 aliphatic rings. The van der Waals surface area contributed by atoms with Crippen molar-refractivity contribution in [1.82, 2.24) is 0 Å². The maximum atomic E-state index is 11.4. The minimum atomic E-state index is -2.99. The van der Waals surface area contributed by atoms with Crippen molar-refractivity contribution in [3.63, 3.8) is 0 Å². The van der Waals surface area contributed by atoms with Crippen molar-refractivity contribution >= 4 is 5.97 Å². The molecule has 0 saturated carbocycles. The maximum absolute atomic E-state index is 11.4. The van der Waals surface area contributed by atoms with Gasteiger partial charge in [-0.05, 0) is 0 Å². The van der Waals surface area contributed by atoms with Crippen LogP contribution < -0.4 is 0 Å². The quantitative estimate of drug-likeness (QED) is 0.180. The first kappa shape index (κ1) is 24.3. The van der Waals surface area contributed by atoms with Gasteiger partial charge in [-0.25, -0.2) is 4.79 Å². The van der Waals surface area contributed by atoms with Gasteiger partial charge in [0.05, 0.1) is 19.3 Å². The van der Waals surface area contributed by atoms with E-state index in [0.717, 1.165) is 0 Å². The third kappa shape index (κ3) is 4.84. The molecule has 10 N–H and O–H groups in total. The van der Waals surface area contributed by atoms with E-state index in [1.54, 1.807) is 0 Å². The molecule has 170 valence electrons. The Bertz CT molecular complexity index is 559. The fraction of sp³-hybridized carbons (Fsp3) is 0.933. The van der Waals surface area contributed by atoms with Crippen molar-refractivity contribution in [3.8, 4) is 0 Å². The van der Waals surface area contributed by atoms with Gasteiger partial charge in [-0.3, -0.25) is 0 Å². The second-order valence-electron chi connectivity index (χ2n) is 6.98. The number of aliphatic carboxylic acids is 1. The van der Waals surface area contributed by atoms with Gasteiger partial charge in [0, 0.05) is 6.42 Å². The molecule has 0 aromatic heterocycles. The molecular weight excluding hydrogens is 404 g/mol. The zero-order valence-electron chi connectivity index (χ0n) is 15.0. The zero-order valence-corrected chi connectivity index (χ0v) is 15.0. The van der Waals surface area contributed by atoms with Crippen LogP contribution in [0.5, 0.6) is 0 Å². The van der Waals surface area contributed by atoms with Crippen LogP contribution in [0, 0.1) is 0 Å². The van der Waals surface area contributed by atoms with Crippen molar-refractivity contribution in [2.24, 2.45) is 0 Å². The van der Waals surface area contributed by atoms with Crippen LogP contribution in [0.1, 0.15) is 6.42 Å². The highest BCUT2D eigenvalue weighted by atomic mass is 16.7. The molecule has 14 nitrogen and oxygen atoms in total. The molecule has 11 atom stereocenters. The summed E-state index contributed by atoms with van der Waals surface area (Å²) in [4.78, 5) is 11.4. The number of carboxylic acid groups (broad SMARTS) is 1. The molecule has 14 heteroatoms. The standard InChI is InChI=1S/C15H26O14/c16-2-4(18)7(19)12-9(21)5(1-15(26,29-12)14(24)25)27-13-11(23)10(22)8(20)6(3-17)28-13/h4-13,16-23,26H,1-3H2,(H,24,25)/t4-,5+,6-,7-,8-,9-,10+,11-,12+,13+,15+/m1/s1. The molecule has 0 spiro atoms. The first-order valence-corrected chi connectivity index (χ1v) is 8.71. The van der Waals surface area contributed by atoms with Crippen LogP contribution in [-0.2, 0) is 19.0 Å². The summed E-state index contributed by atoms with van der Waals surface area (Å²) >= 11 is 0. The Kier molecular flexibility index (Phi) is 7.88. The summed E-state index contributed by atoms with van der Waals surface area (Å²) in [5.74, 6) is -4.90. The second kappa shape index (κ2) is 9.42. The Balaban J connectivity index is 2.26. The molecule has 0 unspecified atom stereocenters. The van der Waals surface area contributed by atoms with Gasteiger partial charge in [0.15, 0.2) is 6.29 Å². The summed E-state index contributed by atoms with van der Waals surface area (Å²) in [6, 6.07) is 0. The summed E-state index contributed by atoms with van der Waals surface area (Å²) in [6.07, 6.45) is -18.9. The molecule has 2 heterocycles. The molecular formula is C15H26O14. The molecule has 0 aromatic carbocycles. The van der Waals surface area contributed by atoms with Crippen LogP contribution in [0.4, 0.5) is 0 Å². The number of rotatable bonds is 7. The van der Waals surface area contributed by atoms with E-state index < -0.39 is 92.6 Å². The van der Waals surface area contributed by atoms with Gasteiger partial charge >= 0.3 is 5.97 Å². The van der Waals surface area contributed by atoms with Gasteiger partial charge in [0.25, 0.3) is 5.79 Å². The lowest BCUT2D eigenvalue weighted by molar-refractivity contribution is -0.356. The highest BCUT2D eigenvalue weighted by Gasteiger charge is 2.55. The van der Waals surface area contributed by atoms with E-state index in [4.69, 9.17) is 19.3 Å². The van der Waals surface area contributed by atoms with Crippen LogP contribution in [0.2, 0.25) is 0 Å². The fourth-order valence-electron chi connectivity index (χ4n) is 3.17. The lowest BCUT2D eigenvalue weighted by Crippen LogP contribution is -2.65. The molecule has 0 bridgehead atoms. The number of aliphatic hydroxyl groups is 9. The highest BCUT2D eigenvalue weighted by molar-refractivity contribution is 5.75. The predicted molar refractivity (Wildman–Crippen MR) is 85.8 cm³/mol. The maximum Gasteiger partial charge on any atom is 0.364 e. The largest absolute Gasteiger partial charge is 0.477 e. The normalized spacial score (nSPS) is 45.6. The monoisotopic (exact) mass is 430 g/mol. The van der Waals surface area contributed by atoms with Gasteiger partial charge in [0.2, 0.25) is 0 Å². The van der Waals surface area contributed by atoms with E-state index >= 15 is 0 Å². The summed E-state index contributed by atoms with van der Waals surface area (Å²) in [5.41, 5.74) is 0. The van der Waals surface area contributed by atoms with E-state index in [1.807, 2.05) is 0 Å². The topological polar surface area (TPSA) is 247 Å². The van der Waals surface area contributed by atoms with Gasteiger partial charge in [0.1, 0.15) is 48.8 Å². The van der Waals surface area contributed by atoms with Crippen LogP contribution in [0.25, 0.3) is 0 Å². The molecule has 0 radical (unpaired) electrons. The molecule has 0 amide bonds. The molecule has 2 saturated heterocycles. The molecule has 2 fully saturated rings. The van der Waals surface area contributed by atoms with Gasteiger partial charge in [-0.15, -0.1) is 0 Å². The van der Waals surface area contributed by atoms with Crippen molar-refractivity contribution in [3.05, 3.63) is 0 Å². The Hall–Kier alpha value is -1.01. The third-order valence-corrected chi connectivity index (χ3v) is 4.94. The smallest absolute Gasteiger partial charge is 0.364 e. The van der Waals surface area contributed by atoms with Gasteiger partial charge in [-0.1, -0.05) is 0 Å². The molecule has 29 heavy (non-hydrogen) atoms.